The summed E-state index contributed by atoms with van der Waals surface area (Å²) in [5, 5.41) is 3.51. The Hall–Kier alpha value is -3.33. The zero-order valence-corrected chi connectivity index (χ0v) is 19.5. The minimum Gasteiger partial charge on any atom is -0.497 e. The predicted octanol–water partition coefficient (Wildman–Crippen LogP) is 3.31. The van der Waals surface area contributed by atoms with Gasteiger partial charge >= 0.3 is 5.69 Å². The van der Waals surface area contributed by atoms with Gasteiger partial charge in [0.05, 0.1) is 32.2 Å². The maximum absolute atomic E-state index is 12.9. The van der Waals surface area contributed by atoms with Crippen LogP contribution in [0.15, 0.2) is 52.5 Å². The molecule has 0 unspecified atom stereocenters. The number of amides is 1. The first-order chi connectivity index (χ1) is 16.1. The van der Waals surface area contributed by atoms with Crippen LogP contribution in [-0.2, 0) is 24.2 Å². The third-order valence-electron chi connectivity index (χ3n) is 5.53. The summed E-state index contributed by atoms with van der Waals surface area (Å²) in [6.45, 7) is 0.447. The molecular weight excluding hydrogens is 440 g/mol. The summed E-state index contributed by atoms with van der Waals surface area (Å²) in [5.74, 6) is 1.08. The molecule has 0 atom stereocenters. The number of aromatic nitrogens is 3. The quantitative estimate of drug-likeness (QED) is 0.402. The highest BCUT2D eigenvalue weighted by atomic mass is 32.2. The van der Waals surface area contributed by atoms with Gasteiger partial charge in [-0.2, -0.15) is 4.98 Å². The largest absolute Gasteiger partial charge is 0.497 e. The van der Waals surface area contributed by atoms with Gasteiger partial charge in [-0.05, 0) is 49.4 Å². The van der Waals surface area contributed by atoms with Crippen molar-refractivity contribution in [1.82, 2.24) is 14.5 Å². The minimum absolute atomic E-state index is 0.131. The number of ether oxygens (including phenoxy) is 2. The lowest BCUT2D eigenvalue weighted by Crippen LogP contribution is -2.30. The van der Waals surface area contributed by atoms with Gasteiger partial charge in [0, 0.05) is 29.7 Å². The monoisotopic (exact) mass is 466 g/mol. The molecule has 0 spiro atoms. The summed E-state index contributed by atoms with van der Waals surface area (Å²) in [7, 11) is 3.11. The van der Waals surface area contributed by atoms with Crippen molar-refractivity contribution in [2.24, 2.45) is 0 Å². The second kappa shape index (κ2) is 10.5. The summed E-state index contributed by atoms with van der Waals surface area (Å²) in [4.78, 5) is 34.1. The standard InChI is InChI=1S/C24H26N4O4S/c1-31-17-9-10-21(32-2)19(12-17)26-22(29)15-33-23-18-7-3-4-8-20(18)28(24(30)27-23)14-16-6-5-11-25-13-16/h5-6,9-13H,3-4,7-8,14-15H2,1-2H3,(H,26,29). The normalized spacial score (nSPS) is 12.7. The zero-order valence-electron chi connectivity index (χ0n) is 18.7. The Morgan fingerprint density at radius 3 is 2.79 bits per heavy atom. The van der Waals surface area contributed by atoms with E-state index in [1.54, 1.807) is 49.4 Å². The summed E-state index contributed by atoms with van der Waals surface area (Å²) in [6, 6.07) is 9.03. The number of hydrogen-bond acceptors (Lipinski definition) is 7. The van der Waals surface area contributed by atoms with Gasteiger partial charge in [0.2, 0.25) is 5.91 Å². The van der Waals surface area contributed by atoms with Crippen LogP contribution in [0.25, 0.3) is 0 Å². The predicted molar refractivity (Wildman–Crippen MR) is 127 cm³/mol. The molecule has 0 radical (unpaired) electrons. The van der Waals surface area contributed by atoms with Crippen molar-refractivity contribution in [3.8, 4) is 11.5 Å². The molecule has 9 heteroatoms. The van der Waals surface area contributed by atoms with Crippen molar-refractivity contribution in [2.45, 2.75) is 37.3 Å². The zero-order chi connectivity index (χ0) is 23.2. The van der Waals surface area contributed by atoms with Gasteiger partial charge in [-0.3, -0.25) is 14.3 Å². The van der Waals surface area contributed by atoms with Crippen molar-refractivity contribution in [3.05, 3.63) is 70.0 Å². The van der Waals surface area contributed by atoms with Crippen molar-refractivity contribution in [1.29, 1.82) is 0 Å². The van der Waals surface area contributed by atoms with Gasteiger partial charge in [-0.25, -0.2) is 4.79 Å². The SMILES string of the molecule is COc1ccc(OC)c(NC(=O)CSc2nc(=O)n(Cc3cccnc3)c3c2CCCC3)c1. The van der Waals surface area contributed by atoms with Crippen LogP contribution in [0.3, 0.4) is 0 Å². The van der Waals surface area contributed by atoms with Gasteiger partial charge in [0.25, 0.3) is 0 Å². The van der Waals surface area contributed by atoms with Crippen LogP contribution in [-0.4, -0.2) is 40.4 Å². The number of pyridine rings is 1. The van der Waals surface area contributed by atoms with Crippen LogP contribution in [0.1, 0.15) is 29.7 Å². The highest BCUT2D eigenvalue weighted by Gasteiger charge is 2.21. The highest BCUT2D eigenvalue weighted by Crippen LogP contribution is 2.31. The number of hydrogen-bond donors (Lipinski definition) is 1. The maximum atomic E-state index is 12.9. The second-order valence-corrected chi connectivity index (χ2v) is 8.65. The van der Waals surface area contributed by atoms with Crippen molar-refractivity contribution in [2.75, 3.05) is 25.3 Å². The molecule has 1 N–H and O–H groups in total. The lowest BCUT2D eigenvalue weighted by molar-refractivity contribution is -0.113. The van der Waals surface area contributed by atoms with Gasteiger partial charge in [-0.1, -0.05) is 17.8 Å². The van der Waals surface area contributed by atoms with Crippen LogP contribution in [0.2, 0.25) is 0 Å². The number of anilines is 1. The molecule has 3 aromatic rings. The molecule has 1 aliphatic carbocycles. The molecule has 0 saturated carbocycles. The van der Waals surface area contributed by atoms with E-state index in [4.69, 9.17) is 9.47 Å². The van der Waals surface area contributed by atoms with E-state index in [1.807, 2.05) is 12.1 Å². The third kappa shape index (κ3) is 5.36. The van der Waals surface area contributed by atoms with E-state index in [2.05, 4.69) is 15.3 Å². The first kappa shape index (κ1) is 22.8. The van der Waals surface area contributed by atoms with Gasteiger partial charge in [0.15, 0.2) is 0 Å². The second-order valence-electron chi connectivity index (χ2n) is 7.68. The minimum atomic E-state index is -0.295. The molecule has 4 rings (SSSR count). The molecule has 33 heavy (non-hydrogen) atoms. The van der Waals surface area contributed by atoms with Crippen molar-refractivity contribution in [3.63, 3.8) is 0 Å². The first-order valence-electron chi connectivity index (χ1n) is 10.7. The molecule has 1 aliphatic rings. The number of fused-ring (bicyclic) bond motifs is 1. The molecule has 1 amide bonds. The lowest BCUT2D eigenvalue weighted by atomic mass is 9.97. The topological polar surface area (TPSA) is 95.3 Å². The Morgan fingerprint density at radius 2 is 2.03 bits per heavy atom. The third-order valence-corrected chi connectivity index (χ3v) is 6.55. The Morgan fingerprint density at radius 1 is 1.18 bits per heavy atom. The Kier molecular flexibility index (Phi) is 7.29. The molecule has 0 fully saturated rings. The summed E-state index contributed by atoms with van der Waals surface area (Å²) >= 11 is 1.29. The first-order valence-corrected chi connectivity index (χ1v) is 11.7. The van der Waals surface area contributed by atoms with E-state index in [0.29, 0.717) is 28.8 Å². The molecule has 8 nitrogen and oxygen atoms in total. The summed E-state index contributed by atoms with van der Waals surface area (Å²) < 4.78 is 12.3. The number of nitrogens with zero attached hydrogens (tertiary/aromatic N) is 3. The van der Waals surface area contributed by atoms with E-state index in [9.17, 15) is 9.59 Å². The molecule has 2 heterocycles. The average Bonchev–Trinajstić information content (AvgIpc) is 2.85. The number of carbonyl (C=O) groups is 1. The fourth-order valence-electron chi connectivity index (χ4n) is 3.94. The number of carbonyl (C=O) groups excluding carboxylic acids is 1. The smallest absolute Gasteiger partial charge is 0.349 e. The Balaban J connectivity index is 1.52. The van der Waals surface area contributed by atoms with Gasteiger partial charge < -0.3 is 14.8 Å². The van der Waals surface area contributed by atoms with E-state index in [-0.39, 0.29) is 17.3 Å². The Bertz CT molecular complexity index is 1200. The maximum Gasteiger partial charge on any atom is 0.349 e. The molecule has 2 aromatic heterocycles. The fraction of sp³-hybridized carbons (Fsp3) is 0.333. The van der Waals surface area contributed by atoms with E-state index in [0.717, 1.165) is 42.5 Å². The van der Waals surface area contributed by atoms with Crippen LogP contribution in [0.5, 0.6) is 11.5 Å². The molecule has 0 aliphatic heterocycles. The molecule has 0 saturated heterocycles. The van der Waals surface area contributed by atoms with Crippen molar-refractivity contribution < 1.29 is 14.3 Å². The summed E-state index contributed by atoms with van der Waals surface area (Å²) in [5.41, 5.74) is 3.28. The number of methoxy groups -OCH3 is 2. The van der Waals surface area contributed by atoms with Gasteiger partial charge in [0.1, 0.15) is 16.5 Å². The van der Waals surface area contributed by atoms with Crippen LogP contribution in [0.4, 0.5) is 5.69 Å². The average molecular weight is 467 g/mol. The van der Waals surface area contributed by atoms with E-state index in [1.165, 1.54) is 11.8 Å². The molecular formula is C24H26N4O4S. The number of nitrogens with one attached hydrogen (secondary N) is 1. The lowest BCUT2D eigenvalue weighted by Gasteiger charge is -2.22. The van der Waals surface area contributed by atoms with Crippen LogP contribution in [0, 0.1) is 0 Å². The van der Waals surface area contributed by atoms with Crippen LogP contribution < -0.4 is 20.5 Å². The fourth-order valence-corrected chi connectivity index (χ4v) is 4.81. The van der Waals surface area contributed by atoms with Gasteiger partial charge in [-0.15, -0.1) is 0 Å². The molecule has 1 aromatic carbocycles. The number of benzene rings is 1. The summed E-state index contributed by atoms with van der Waals surface area (Å²) in [6.07, 6.45) is 7.23. The molecule has 172 valence electrons. The van der Waals surface area contributed by atoms with E-state index < -0.39 is 0 Å². The highest BCUT2D eigenvalue weighted by molar-refractivity contribution is 8.00. The van der Waals surface area contributed by atoms with Crippen LogP contribution >= 0.6 is 11.8 Å². The molecule has 0 bridgehead atoms. The number of thioether (sulfide) groups is 1. The number of rotatable bonds is 8. The van der Waals surface area contributed by atoms with E-state index >= 15 is 0 Å². The van der Waals surface area contributed by atoms with Crippen molar-refractivity contribution >= 4 is 23.4 Å². The Labute approximate surface area is 196 Å².